The number of rotatable bonds is 5. The molecule has 0 radical (unpaired) electrons. The van der Waals surface area contributed by atoms with E-state index in [1.165, 1.54) is 12.1 Å². The van der Waals surface area contributed by atoms with E-state index in [1.807, 2.05) is 0 Å². The fourth-order valence-corrected chi connectivity index (χ4v) is 1.83. The van der Waals surface area contributed by atoms with E-state index >= 15 is 0 Å². The van der Waals surface area contributed by atoms with Crippen LogP contribution in [-0.2, 0) is 11.0 Å². The van der Waals surface area contributed by atoms with Gasteiger partial charge >= 0.3 is 6.18 Å². The average Bonchev–Trinajstić information content (AvgIpc) is 2.30. The number of benzene rings is 1. The molecule has 0 aliphatic carbocycles. The lowest BCUT2D eigenvalue weighted by Gasteiger charge is -2.14. The van der Waals surface area contributed by atoms with E-state index in [2.05, 4.69) is 21.2 Å². The van der Waals surface area contributed by atoms with E-state index in [1.54, 1.807) is 0 Å². The summed E-state index contributed by atoms with van der Waals surface area (Å²) >= 11 is 2.97. The molecule has 0 saturated heterocycles. The number of carbonyl (C=O) groups excluding carboxylic acids is 1. The maximum atomic E-state index is 12.8. The van der Waals surface area contributed by atoms with Crippen molar-refractivity contribution in [2.45, 2.75) is 25.4 Å². The molecular weight excluding hydrogens is 327 g/mol. The first-order valence-corrected chi connectivity index (χ1v) is 6.41. The standard InChI is InChI=1S/C12H13BrF3NO2/c13-8-4-5-10(9(7-8)12(14,15)16)17-11(19)3-1-2-6-18/h4-5,7,18H,1-3,6H2,(H,17,19). The third kappa shape index (κ3) is 5.20. The second-order valence-electron chi connectivity index (χ2n) is 3.92. The molecule has 0 fully saturated rings. The molecule has 2 N–H and O–H groups in total. The highest BCUT2D eigenvalue weighted by molar-refractivity contribution is 9.10. The van der Waals surface area contributed by atoms with Crippen molar-refractivity contribution in [2.24, 2.45) is 0 Å². The third-order valence-electron chi connectivity index (χ3n) is 2.37. The van der Waals surface area contributed by atoms with Gasteiger partial charge in [0.2, 0.25) is 5.91 Å². The molecule has 0 heterocycles. The zero-order valence-electron chi connectivity index (χ0n) is 9.93. The summed E-state index contributed by atoms with van der Waals surface area (Å²) in [5, 5.41) is 10.8. The van der Waals surface area contributed by atoms with Crippen LogP contribution in [0.5, 0.6) is 0 Å². The minimum atomic E-state index is -4.53. The summed E-state index contributed by atoms with van der Waals surface area (Å²) in [6, 6.07) is 3.55. The van der Waals surface area contributed by atoms with Crippen molar-refractivity contribution in [3.63, 3.8) is 0 Å². The zero-order valence-corrected chi connectivity index (χ0v) is 11.5. The van der Waals surface area contributed by atoms with Crippen LogP contribution in [0.2, 0.25) is 0 Å². The summed E-state index contributed by atoms with van der Waals surface area (Å²) in [4.78, 5) is 11.5. The van der Waals surface area contributed by atoms with Crippen LogP contribution in [-0.4, -0.2) is 17.6 Å². The maximum absolute atomic E-state index is 12.8. The van der Waals surface area contributed by atoms with Gasteiger partial charge in [0.15, 0.2) is 0 Å². The van der Waals surface area contributed by atoms with Gasteiger partial charge in [-0.3, -0.25) is 4.79 Å². The number of unbranched alkanes of at least 4 members (excludes halogenated alkanes) is 1. The Kier molecular flexibility index (Phi) is 5.81. The molecule has 1 rings (SSSR count). The predicted octanol–water partition coefficient (Wildman–Crippen LogP) is 3.57. The van der Waals surface area contributed by atoms with Crippen molar-refractivity contribution >= 4 is 27.5 Å². The Morgan fingerprint density at radius 3 is 2.58 bits per heavy atom. The summed E-state index contributed by atoms with van der Waals surface area (Å²) < 4.78 is 38.6. The number of aliphatic hydroxyl groups is 1. The van der Waals surface area contributed by atoms with Crippen molar-refractivity contribution in [1.82, 2.24) is 0 Å². The second kappa shape index (κ2) is 6.91. The predicted molar refractivity (Wildman–Crippen MR) is 68.7 cm³/mol. The number of nitrogens with one attached hydrogen (secondary N) is 1. The highest BCUT2D eigenvalue weighted by Crippen LogP contribution is 2.36. The molecule has 0 aliphatic heterocycles. The Morgan fingerprint density at radius 2 is 2.00 bits per heavy atom. The Morgan fingerprint density at radius 1 is 1.32 bits per heavy atom. The van der Waals surface area contributed by atoms with E-state index in [0.717, 1.165) is 6.07 Å². The fraction of sp³-hybridized carbons (Fsp3) is 0.417. The topological polar surface area (TPSA) is 49.3 Å². The first kappa shape index (κ1) is 16.0. The van der Waals surface area contributed by atoms with Crippen LogP contribution < -0.4 is 5.32 Å². The van der Waals surface area contributed by atoms with Crippen LogP contribution in [0.25, 0.3) is 0 Å². The molecule has 0 saturated carbocycles. The Labute approximate surface area is 116 Å². The van der Waals surface area contributed by atoms with E-state index in [9.17, 15) is 18.0 Å². The van der Waals surface area contributed by atoms with Crippen molar-refractivity contribution < 1.29 is 23.1 Å². The molecule has 0 bridgehead atoms. The summed E-state index contributed by atoms with van der Waals surface area (Å²) in [5.41, 5.74) is -1.15. The summed E-state index contributed by atoms with van der Waals surface area (Å²) in [6.45, 7) is -0.0423. The molecule has 7 heteroatoms. The molecule has 0 aromatic heterocycles. The number of amides is 1. The number of alkyl halides is 3. The van der Waals surface area contributed by atoms with Gasteiger partial charge < -0.3 is 10.4 Å². The van der Waals surface area contributed by atoms with Gasteiger partial charge in [0, 0.05) is 17.5 Å². The van der Waals surface area contributed by atoms with Crippen molar-refractivity contribution in [2.75, 3.05) is 11.9 Å². The maximum Gasteiger partial charge on any atom is 0.418 e. The van der Waals surface area contributed by atoms with Crippen molar-refractivity contribution in [1.29, 1.82) is 0 Å². The highest BCUT2D eigenvalue weighted by Gasteiger charge is 2.34. The van der Waals surface area contributed by atoms with E-state index in [0.29, 0.717) is 12.8 Å². The Bertz CT molecular complexity index is 449. The van der Waals surface area contributed by atoms with Gasteiger partial charge in [-0.15, -0.1) is 0 Å². The summed E-state index contributed by atoms with van der Waals surface area (Å²) in [6.07, 6.45) is -3.58. The fourth-order valence-electron chi connectivity index (χ4n) is 1.47. The van der Waals surface area contributed by atoms with Gasteiger partial charge in [-0.1, -0.05) is 15.9 Å². The van der Waals surface area contributed by atoms with E-state index in [4.69, 9.17) is 5.11 Å². The van der Waals surface area contributed by atoms with Gasteiger partial charge in [-0.05, 0) is 31.0 Å². The van der Waals surface area contributed by atoms with Crippen LogP contribution in [0.15, 0.2) is 22.7 Å². The monoisotopic (exact) mass is 339 g/mol. The number of halogens is 4. The highest BCUT2D eigenvalue weighted by atomic mass is 79.9. The molecule has 19 heavy (non-hydrogen) atoms. The number of anilines is 1. The summed E-state index contributed by atoms with van der Waals surface area (Å²) in [7, 11) is 0. The molecule has 1 aromatic carbocycles. The Hall–Kier alpha value is -1.08. The largest absolute Gasteiger partial charge is 0.418 e. The number of aliphatic hydroxyl groups excluding tert-OH is 1. The van der Waals surface area contributed by atoms with Crippen LogP contribution in [0.4, 0.5) is 18.9 Å². The van der Waals surface area contributed by atoms with Crippen LogP contribution in [0.3, 0.4) is 0 Å². The minimum Gasteiger partial charge on any atom is -0.396 e. The quantitative estimate of drug-likeness (QED) is 0.805. The van der Waals surface area contributed by atoms with Gasteiger partial charge in [0.05, 0.1) is 11.3 Å². The van der Waals surface area contributed by atoms with E-state index < -0.39 is 17.6 Å². The minimum absolute atomic E-state index is 0.0423. The molecule has 1 aromatic rings. The van der Waals surface area contributed by atoms with Gasteiger partial charge in [0.25, 0.3) is 0 Å². The zero-order chi connectivity index (χ0) is 14.5. The van der Waals surface area contributed by atoms with Gasteiger partial charge in [-0.25, -0.2) is 0 Å². The molecule has 106 valence electrons. The smallest absolute Gasteiger partial charge is 0.396 e. The molecule has 0 unspecified atom stereocenters. The second-order valence-corrected chi connectivity index (χ2v) is 4.83. The molecule has 0 aliphatic rings. The van der Waals surface area contributed by atoms with Crippen LogP contribution in [0, 0.1) is 0 Å². The normalized spacial score (nSPS) is 11.4. The first-order valence-electron chi connectivity index (χ1n) is 5.62. The lowest BCUT2D eigenvalue weighted by molar-refractivity contribution is -0.137. The van der Waals surface area contributed by atoms with E-state index in [-0.39, 0.29) is 23.2 Å². The van der Waals surface area contributed by atoms with Crippen LogP contribution >= 0.6 is 15.9 Å². The molecule has 0 spiro atoms. The van der Waals surface area contributed by atoms with Crippen molar-refractivity contribution in [3.05, 3.63) is 28.2 Å². The summed E-state index contributed by atoms with van der Waals surface area (Å²) in [5.74, 6) is -0.499. The lowest BCUT2D eigenvalue weighted by Crippen LogP contribution is -2.16. The molecule has 1 amide bonds. The molecular formula is C12H13BrF3NO2. The van der Waals surface area contributed by atoms with Crippen molar-refractivity contribution in [3.8, 4) is 0 Å². The molecule has 3 nitrogen and oxygen atoms in total. The Balaban J connectivity index is 2.80. The number of hydrogen-bond donors (Lipinski definition) is 2. The number of hydrogen-bond acceptors (Lipinski definition) is 2. The van der Waals surface area contributed by atoms with Gasteiger partial charge in [-0.2, -0.15) is 13.2 Å². The lowest BCUT2D eigenvalue weighted by atomic mass is 10.1. The average molecular weight is 340 g/mol. The third-order valence-corrected chi connectivity index (χ3v) is 2.87. The van der Waals surface area contributed by atoms with Gasteiger partial charge in [0.1, 0.15) is 0 Å². The molecule has 0 atom stereocenters. The SMILES string of the molecule is O=C(CCCCO)Nc1ccc(Br)cc1C(F)(F)F. The number of carbonyl (C=O) groups is 1. The van der Waals surface area contributed by atoms with Crippen LogP contribution in [0.1, 0.15) is 24.8 Å². The first-order chi connectivity index (χ1) is 8.84.